The lowest BCUT2D eigenvalue weighted by atomic mass is 9.78. The quantitative estimate of drug-likeness (QED) is 0.830. The van der Waals surface area contributed by atoms with Crippen LogP contribution < -0.4 is 5.32 Å². The molecule has 3 heteroatoms. The lowest BCUT2D eigenvalue weighted by Gasteiger charge is -2.33. The second-order valence-electron chi connectivity index (χ2n) is 4.41. The summed E-state index contributed by atoms with van der Waals surface area (Å²) in [4.78, 5) is 4.62. The zero-order valence-corrected chi connectivity index (χ0v) is 10.4. The van der Waals surface area contributed by atoms with E-state index in [1.807, 2.05) is 0 Å². The van der Waals surface area contributed by atoms with Gasteiger partial charge in [-0.3, -0.25) is 0 Å². The van der Waals surface area contributed by atoms with Crippen molar-refractivity contribution in [3.63, 3.8) is 0 Å². The Labute approximate surface area is 96.1 Å². The van der Waals surface area contributed by atoms with Crippen LogP contribution in [0, 0.1) is 12.8 Å². The Hall–Kier alpha value is -0.410. The fraction of sp³-hybridized carbons (Fsp3) is 0.750. The highest BCUT2D eigenvalue weighted by molar-refractivity contribution is 7.09. The molecule has 1 heterocycles. The highest BCUT2D eigenvalue weighted by atomic mass is 32.1. The van der Waals surface area contributed by atoms with E-state index in [1.165, 1.54) is 36.4 Å². The molecule has 0 bridgehead atoms. The van der Waals surface area contributed by atoms with Gasteiger partial charge in [0.05, 0.1) is 16.7 Å². The van der Waals surface area contributed by atoms with Gasteiger partial charge in [0, 0.05) is 5.38 Å². The molecule has 2 nitrogen and oxygen atoms in total. The van der Waals surface area contributed by atoms with Crippen molar-refractivity contribution in [2.75, 3.05) is 6.54 Å². The molecule has 2 rings (SSSR count). The molecule has 1 N–H and O–H groups in total. The molecule has 0 spiro atoms. The largest absolute Gasteiger partial charge is 0.308 e. The lowest BCUT2D eigenvalue weighted by Crippen LogP contribution is -2.32. The molecular weight excluding hydrogens is 204 g/mol. The first-order chi connectivity index (χ1) is 7.31. The molecule has 0 aliphatic heterocycles. The third-order valence-corrected chi connectivity index (χ3v) is 3.98. The minimum Gasteiger partial charge on any atom is -0.308 e. The normalized spacial score (nSPS) is 18.8. The summed E-state index contributed by atoms with van der Waals surface area (Å²) >= 11 is 1.77. The first kappa shape index (κ1) is 11.1. The highest BCUT2D eigenvalue weighted by Crippen LogP contribution is 2.37. The van der Waals surface area contributed by atoms with Crippen molar-refractivity contribution < 1.29 is 0 Å². The molecular formula is C12H20N2S. The fourth-order valence-corrected chi connectivity index (χ4v) is 2.76. The van der Waals surface area contributed by atoms with Crippen molar-refractivity contribution >= 4 is 11.3 Å². The van der Waals surface area contributed by atoms with E-state index in [1.54, 1.807) is 11.3 Å². The molecule has 0 radical (unpaired) electrons. The Kier molecular flexibility index (Phi) is 3.76. The maximum absolute atomic E-state index is 4.62. The average Bonchev–Trinajstić information content (AvgIpc) is 2.56. The molecule has 1 aromatic heterocycles. The number of aryl methyl sites for hydroxylation is 1. The monoisotopic (exact) mass is 224 g/mol. The molecule has 1 atom stereocenters. The molecule has 1 aliphatic carbocycles. The number of aromatic nitrogens is 1. The third kappa shape index (κ3) is 2.58. The van der Waals surface area contributed by atoms with Crippen LogP contribution in [0.5, 0.6) is 0 Å². The van der Waals surface area contributed by atoms with Crippen LogP contribution in [-0.4, -0.2) is 11.5 Å². The molecule has 0 saturated heterocycles. The van der Waals surface area contributed by atoms with Crippen molar-refractivity contribution in [3.8, 4) is 0 Å². The minimum absolute atomic E-state index is 0.517. The molecule has 1 unspecified atom stereocenters. The van der Waals surface area contributed by atoms with E-state index in [2.05, 4.69) is 29.5 Å². The second kappa shape index (κ2) is 5.08. The van der Waals surface area contributed by atoms with Crippen molar-refractivity contribution in [1.29, 1.82) is 0 Å². The van der Waals surface area contributed by atoms with Gasteiger partial charge in [-0.15, -0.1) is 11.3 Å². The Balaban J connectivity index is 2.03. The van der Waals surface area contributed by atoms with Gasteiger partial charge < -0.3 is 5.32 Å². The summed E-state index contributed by atoms with van der Waals surface area (Å²) in [5.74, 6) is 0.832. The van der Waals surface area contributed by atoms with Crippen molar-refractivity contribution in [2.24, 2.45) is 5.92 Å². The van der Waals surface area contributed by atoms with Crippen LogP contribution in [0.4, 0.5) is 0 Å². The smallest absolute Gasteiger partial charge is 0.0898 e. The number of rotatable bonds is 5. The minimum atomic E-state index is 0.517. The van der Waals surface area contributed by atoms with E-state index in [-0.39, 0.29) is 0 Å². The number of hydrogen-bond acceptors (Lipinski definition) is 3. The van der Waals surface area contributed by atoms with Crippen LogP contribution in [0.2, 0.25) is 0 Å². The van der Waals surface area contributed by atoms with Crippen LogP contribution in [0.15, 0.2) is 5.38 Å². The van der Waals surface area contributed by atoms with E-state index in [0.29, 0.717) is 6.04 Å². The molecule has 0 aromatic carbocycles. The van der Waals surface area contributed by atoms with Gasteiger partial charge in [-0.25, -0.2) is 4.98 Å². The SMILES string of the molecule is CCCNC(c1csc(C)n1)C1CCC1. The van der Waals surface area contributed by atoms with E-state index >= 15 is 0 Å². The van der Waals surface area contributed by atoms with Crippen LogP contribution in [-0.2, 0) is 0 Å². The summed E-state index contributed by atoms with van der Waals surface area (Å²) in [5.41, 5.74) is 1.27. The maximum atomic E-state index is 4.62. The zero-order chi connectivity index (χ0) is 10.7. The van der Waals surface area contributed by atoms with Crippen molar-refractivity contribution in [2.45, 2.75) is 45.6 Å². The average molecular weight is 224 g/mol. The summed E-state index contributed by atoms with van der Waals surface area (Å²) in [6.07, 6.45) is 5.35. The van der Waals surface area contributed by atoms with E-state index in [4.69, 9.17) is 0 Å². The van der Waals surface area contributed by atoms with Gasteiger partial charge in [-0.05, 0) is 38.6 Å². The molecule has 1 saturated carbocycles. The van der Waals surface area contributed by atoms with Crippen LogP contribution in [0.3, 0.4) is 0 Å². The highest BCUT2D eigenvalue weighted by Gasteiger charge is 2.29. The topological polar surface area (TPSA) is 24.9 Å². The molecule has 1 aliphatic rings. The number of hydrogen-bond donors (Lipinski definition) is 1. The standard InChI is InChI=1S/C12H20N2S/c1-3-7-13-12(10-5-4-6-10)11-8-15-9(2)14-11/h8,10,12-13H,3-7H2,1-2H3. The van der Waals surface area contributed by atoms with Gasteiger partial charge in [0.25, 0.3) is 0 Å². The van der Waals surface area contributed by atoms with E-state index in [9.17, 15) is 0 Å². The summed E-state index contributed by atoms with van der Waals surface area (Å²) < 4.78 is 0. The predicted molar refractivity (Wildman–Crippen MR) is 65.2 cm³/mol. The number of thiazole rings is 1. The Bertz CT molecular complexity index is 304. The summed E-state index contributed by atoms with van der Waals surface area (Å²) in [7, 11) is 0. The van der Waals surface area contributed by atoms with E-state index in [0.717, 1.165) is 12.5 Å². The van der Waals surface area contributed by atoms with E-state index < -0.39 is 0 Å². The lowest BCUT2D eigenvalue weighted by molar-refractivity contribution is 0.228. The first-order valence-electron chi connectivity index (χ1n) is 5.96. The first-order valence-corrected chi connectivity index (χ1v) is 6.84. The summed E-state index contributed by atoms with van der Waals surface area (Å²) in [6.45, 7) is 5.42. The van der Waals surface area contributed by atoms with Gasteiger partial charge in [0.2, 0.25) is 0 Å². The third-order valence-electron chi connectivity index (χ3n) is 3.19. The molecule has 1 fully saturated rings. The van der Waals surface area contributed by atoms with Gasteiger partial charge in [-0.1, -0.05) is 13.3 Å². The van der Waals surface area contributed by atoms with Gasteiger partial charge >= 0.3 is 0 Å². The van der Waals surface area contributed by atoms with Crippen LogP contribution in [0.1, 0.15) is 49.4 Å². The zero-order valence-electron chi connectivity index (χ0n) is 9.62. The summed E-state index contributed by atoms with van der Waals surface area (Å²) in [5, 5.41) is 7.06. The Morgan fingerprint density at radius 2 is 2.40 bits per heavy atom. The number of nitrogens with zero attached hydrogens (tertiary/aromatic N) is 1. The van der Waals surface area contributed by atoms with Crippen LogP contribution >= 0.6 is 11.3 Å². The van der Waals surface area contributed by atoms with Gasteiger partial charge in [0.1, 0.15) is 0 Å². The van der Waals surface area contributed by atoms with Crippen molar-refractivity contribution in [3.05, 3.63) is 16.1 Å². The fourth-order valence-electron chi connectivity index (χ4n) is 2.11. The Morgan fingerprint density at radius 3 is 2.87 bits per heavy atom. The number of nitrogens with one attached hydrogen (secondary N) is 1. The predicted octanol–water partition coefficient (Wildman–Crippen LogP) is 3.29. The maximum Gasteiger partial charge on any atom is 0.0898 e. The summed E-state index contributed by atoms with van der Waals surface area (Å²) in [6, 6.07) is 0.517. The molecule has 0 amide bonds. The van der Waals surface area contributed by atoms with Gasteiger partial charge in [0.15, 0.2) is 0 Å². The van der Waals surface area contributed by atoms with Crippen molar-refractivity contribution in [1.82, 2.24) is 10.3 Å². The van der Waals surface area contributed by atoms with Gasteiger partial charge in [-0.2, -0.15) is 0 Å². The molecule has 15 heavy (non-hydrogen) atoms. The Morgan fingerprint density at radius 1 is 1.60 bits per heavy atom. The molecule has 84 valence electrons. The second-order valence-corrected chi connectivity index (χ2v) is 5.48. The van der Waals surface area contributed by atoms with Crippen LogP contribution in [0.25, 0.3) is 0 Å². The molecule has 1 aromatic rings.